The van der Waals surface area contributed by atoms with Crippen molar-refractivity contribution in [1.82, 2.24) is 9.88 Å². The zero-order valence-electron chi connectivity index (χ0n) is 12.1. The molecule has 0 aromatic carbocycles. The maximum atomic E-state index is 6.07. The lowest BCUT2D eigenvalue weighted by molar-refractivity contribution is 0.191. The fourth-order valence-corrected chi connectivity index (χ4v) is 3.28. The summed E-state index contributed by atoms with van der Waals surface area (Å²) in [7, 11) is 2.22. The first kappa shape index (κ1) is 14.8. The summed E-state index contributed by atoms with van der Waals surface area (Å²) < 4.78 is 0. The minimum Gasteiger partial charge on any atom is -0.306 e. The van der Waals surface area contributed by atoms with E-state index in [1.807, 2.05) is 12.1 Å². The van der Waals surface area contributed by atoms with Crippen LogP contribution >= 0.6 is 11.6 Å². The second kappa shape index (κ2) is 7.25. The Morgan fingerprint density at radius 2 is 2.11 bits per heavy atom. The Morgan fingerprint density at radius 3 is 2.74 bits per heavy atom. The number of hydrogen-bond acceptors (Lipinski definition) is 2. The summed E-state index contributed by atoms with van der Waals surface area (Å²) in [6, 6.07) is 6.07. The molecule has 106 valence electrons. The van der Waals surface area contributed by atoms with Crippen molar-refractivity contribution >= 4 is 11.6 Å². The zero-order chi connectivity index (χ0) is 13.7. The molecular formula is C16H25ClN2. The topological polar surface area (TPSA) is 16.1 Å². The summed E-state index contributed by atoms with van der Waals surface area (Å²) in [5.74, 6) is 1.36. The molecule has 1 aliphatic heterocycles. The van der Waals surface area contributed by atoms with E-state index < -0.39 is 0 Å². The van der Waals surface area contributed by atoms with Gasteiger partial charge in [-0.25, -0.2) is 4.98 Å². The van der Waals surface area contributed by atoms with Gasteiger partial charge in [-0.2, -0.15) is 0 Å². The maximum absolute atomic E-state index is 6.07. The average Bonchev–Trinajstić information content (AvgIpc) is 2.41. The normalized spacial score (nSPS) is 19.5. The molecule has 0 saturated carbocycles. The van der Waals surface area contributed by atoms with Gasteiger partial charge in [0.15, 0.2) is 0 Å². The lowest BCUT2D eigenvalue weighted by Crippen LogP contribution is -2.33. The summed E-state index contributed by atoms with van der Waals surface area (Å²) in [6.07, 6.45) is 6.37. The van der Waals surface area contributed by atoms with Crippen LogP contribution in [0, 0.1) is 5.92 Å². The third-order valence-corrected chi connectivity index (χ3v) is 4.53. The molecule has 1 unspecified atom stereocenters. The molecule has 0 spiro atoms. The average molecular weight is 281 g/mol. The molecule has 0 radical (unpaired) electrons. The van der Waals surface area contributed by atoms with E-state index >= 15 is 0 Å². The highest BCUT2D eigenvalue weighted by atomic mass is 35.5. The predicted octanol–water partition coefficient (Wildman–Crippen LogP) is 4.35. The van der Waals surface area contributed by atoms with Gasteiger partial charge < -0.3 is 4.90 Å². The van der Waals surface area contributed by atoms with Crippen LogP contribution in [0.3, 0.4) is 0 Å². The molecule has 2 heterocycles. The van der Waals surface area contributed by atoms with E-state index in [2.05, 4.69) is 29.9 Å². The van der Waals surface area contributed by atoms with Crippen molar-refractivity contribution in [3.05, 3.63) is 29.0 Å². The van der Waals surface area contributed by atoms with Gasteiger partial charge in [0.1, 0.15) is 5.15 Å². The number of hydrogen-bond donors (Lipinski definition) is 0. The van der Waals surface area contributed by atoms with Crippen molar-refractivity contribution < 1.29 is 0 Å². The Balaban J connectivity index is 2.11. The van der Waals surface area contributed by atoms with Crippen LogP contribution in [-0.2, 0) is 0 Å². The zero-order valence-corrected chi connectivity index (χ0v) is 12.9. The van der Waals surface area contributed by atoms with Crippen molar-refractivity contribution in [2.45, 2.75) is 44.9 Å². The number of nitrogens with zero attached hydrogens (tertiary/aromatic N) is 2. The van der Waals surface area contributed by atoms with E-state index in [1.54, 1.807) is 0 Å². The lowest BCUT2D eigenvalue weighted by atomic mass is 9.79. The molecule has 1 aromatic rings. The van der Waals surface area contributed by atoms with Crippen LogP contribution in [0.5, 0.6) is 0 Å². The molecule has 2 rings (SSSR count). The molecule has 1 aliphatic rings. The molecule has 0 bridgehead atoms. The Kier molecular flexibility index (Phi) is 5.65. The van der Waals surface area contributed by atoms with Gasteiger partial charge in [0.05, 0.1) is 0 Å². The van der Waals surface area contributed by atoms with Gasteiger partial charge in [-0.1, -0.05) is 37.4 Å². The number of likely N-dealkylation sites (tertiary alicyclic amines) is 1. The van der Waals surface area contributed by atoms with Crippen LogP contribution < -0.4 is 0 Å². The van der Waals surface area contributed by atoms with Gasteiger partial charge in [0.25, 0.3) is 0 Å². The quantitative estimate of drug-likeness (QED) is 0.746. The highest BCUT2D eigenvalue weighted by Crippen LogP contribution is 2.35. The third kappa shape index (κ3) is 4.19. The molecule has 0 amide bonds. The SMILES string of the molecule is CCCCC(c1cccc(Cl)n1)C1CCN(C)CC1. The van der Waals surface area contributed by atoms with Gasteiger partial charge in [-0.15, -0.1) is 0 Å². The second-order valence-electron chi connectivity index (χ2n) is 5.77. The van der Waals surface area contributed by atoms with Crippen LogP contribution in [0.1, 0.15) is 50.6 Å². The first-order valence-electron chi connectivity index (χ1n) is 7.51. The minimum absolute atomic E-state index is 0.590. The molecule has 1 aromatic heterocycles. The van der Waals surface area contributed by atoms with Crippen molar-refractivity contribution in [3.8, 4) is 0 Å². The van der Waals surface area contributed by atoms with Crippen LogP contribution in [0.2, 0.25) is 5.15 Å². The second-order valence-corrected chi connectivity index (χ2v) is 6.16. The number of piperidine rings is 1. The molecule has 1 atom stereocenters. The molecular weight excluding hydrogens is 256 g/mol. The standard InChI is InChI=1S/C16H25ClN2/c1-3-4-6-14(13-9-11-19(2)12-10-13)15-7-5-8-16(17)18-15/h5,7-8,13-14H,3-4,6,9-12H2,1-2H3. The van der Waals surface area contributed by atoms with Gasteiger partial charge in [0, 0.05) is 11.6 Å². The van der Waals surface area contributed by atoms with Gasteiger partial charge in [-0.05, 0) is 57.5 Å². The lowest BCUT2D eigenvalue weighted by Gasteiger charge is -2.34. The number of pyridine rings is 1. The van der Waals surface area contributed by atoms with Crippen LogP contribution in [0.25, 0.3) is 0 Å². The van der Waals surface area contributed by atoms with Crippen LogP contribution in [0.15, 0.2) is 18.2 Å². The van der Waals surface area contributed by atoms with Gasteiger partial charge in [-0.3, -0.25) is 0 Å². The number of unbranched alkanes of at least 4 members (excludes halogenated alkanes) is 1. The predicted molar refractivity (Wildman–Crippen MR) is 81.7 cm³/mol. The summed E-state index contributed by atoms with van der Waals surface area (Å²) in [5.41, 5.74) is 1.20. The summed E-state index contributed by atoms with van der Waals surface area (Å²) in [4.78, 5) is 7.00. The summed E-state index contributed by atoms with van der Waals surface area (Å²) in [6.45, 7) is 4.69. The van der Waals surface area contributed by atoms with E-state index in [0.29, 0.717) is 11.1 Å². The van der Waals surface area contributed by atoms with Crippen LogP contribution in [-0.4, -0.2) is 30.0 Å². The monoisotopic (exact) mass is 280 g/mol. The van der Waals surface area contributed by atoms with E-state index in [0.717, 1.165) is 5.92 Å². The van der Waals surface area contributed by atoms with E-state index in [1.165, 1.54) is 50.9 Å². The Hall–Kier alpha value is -0.600. The summed E-state index contributed by atoms with van der Waals surface area (Å²) >= 11 is 6.07. The molecule has 2 nitrogen and oxygen atoms in total. The molecule has 0 N–H and O–H groups in total. The molecule has 19 heavy (non-hydrogen) atoms. The molecule has 1 fully saturated rings. The van der Waals surface area contributed by atoms with E-state index in [9.17, 15) is 0 Å². The molecule has 0 aliphatic carbocycles. The van der Waals surface area contributed by atoms with E-state index in [4.69, 9.17) is 11.6 Å². The number of rotatable bonds is 5. The Bertz CT molecular complexity index is 386. The first-order valence-corrected chi connectivity index (χ1v) is 7.89. The first-order chi connectivity index (χ1) is 9.20. The number of halogens is 1. The van der Waals surface area contributed by atoms with Gasteiger partial charge >= 0.3 is 0 Å². The third-order valence-electron chi connectivity index (χ3n) is 4.32. The highest BCUT2D eigenvalue weighted by Gasteiger charge is 2.27. The highest BCUT2D eigenvalue weighted by molar-refractivity contribution is 6.29. The molecule has 3 heteroatoms. The van der Waals surface area contributed by atoms with Crippen molar-refractivity contribution in [3.63, 3.8) is 0 Å². The largest absolute Gasteiger partial charge is 0.306 e. The fourth-order valence-electron chi connectivity index (χ4n) is 3.11. The molecule has 1 saturated heterocycles. The Labute approximate surface area is 122 Å². The van der Waals surface area contributed by atoms with E-state index in [-0.39, 0.29) is 0 Å². The fraction of sp³-hybridized carbons (Fsp3) is 0.688. The van der Waals surface area contributed by atoms with Crippen molar-refractivity contribution in [1.29, 1.82) is 0 Å². The van der Waals surface area contributed by atoms with Crippen LogP contribution in [0.4, 0.5) is 0 Å². The maximum Gasteiger partial charge on any atom is 0.129 e. The Morgan fingerprint density at radius 1 is 1.37 bits per heavy atom. The van der Waals surface area contributed by atoms with Crippen molar-refractivity contribution in [2.75, 3.05) is 20.1 Å². The van der Waals surface area contributed by atoms with Crippen molar-refractivity contribution in [2.24, 2.45) is 5.92 Å². The minimum atomic E-state index is 0.590. The number of aromatic nitrogens is 1. The smallest absolute Gasteiger partial charge is 0.129 e. The van der Waals surface area contributed by atoms with Gasteiger partial charge in [0.2, 0.25) is 0 Å². The summed E-state index contributed by atoms with van der Waals surface area (Å²) in [5, 5.41) is 0.631.